The van der Waals surface area contributed by atoms with Crippen LogP contribution in [0.1, 0.15) is 30.5 Å². The molecule has 4 nitrogen and oxygen atoms in total. The van der Waals surface area contributed by atoms with E-state index in [9.17, 15) is 0 Å². The molecule has 1 N–H and O–H groups in total. The lowest BCUT2D eigenvalue weighted by Gasteiger charge is -2.16. The molecule has 1 heterocycles. The van der Waals surface area contributed by atoms with E-state index < -0.39 is 0 Å². The average Bonchev–Trinajstić information content (AvgIpc) is 2.87. The van der Waals surface area contributed by atoms with Gasteiger partial charge >= 0.3 is 0 Å². The quantitative estimate of drug-likeness (QED) is 0.796. The first-order valence-corrected chi connectivity index (χ1v) is 7.96. The van der Waals surface area contributed by atoms with Crippen LogP contribution in [0.4, 0.5) is 0 Å². The van der Waals surface area contributed by atoms with Crippen molar-refractivity contribution >= 4 is 11.8 Å². The maximum Gasteiger partial charge on any atom is 0.185 e. The number of nitrogens with one attached hydrogen (secondary N) is 1. The minimum absolute atomic E-state index is 0.326. The van der Waals surface area contributed by atoms with Crippen molar-refractivity contribution in [2.24, 2.45) is 7.05 Å². The van der Waals surface area contributed by atoms with Crippen molar-refractivity contribution in [3.63, 3.8) is 0 Å². The summed E-state index contributed by atoms with van der Waals surface area (Å²) in [5.41, 5.74) is 2.73. The molecular weight excluding hydrogens is 268 g/mol. The van der Waals surface area contributed by atoms with Crippen molar-refractivity contribution in [1.29, 1.82) is 0 Å². The first-order chi connectivity index (χ1) is 9.74. The maximum absolute atomic E-state index is 4.24. The van der Waals surface area contributed by atoms with Crippen molar-refractivity contribution in [3.8, 4) is 0 Å². The SMILES string of the molecule is CCCc1ccc(C(CSc2ncnn2C)NC)cc1. The number of benzene rings is 1. The maximum atomic E-state index is 4.24. The second kappa shape index (κ2) is 7.45. The van der Waals surface area contributed by atoms with E-state index in [0.29, 0.717) is 6.04 Å². The van der Waals surface area contributed by atoms with Crippen LogP contribution >= 0.6 is 11.8 Å². The van der Waals surface area contributed by atoms with Gasteiger partial charge in [-0.2, -0.15) is 5.10 Å². The first kappa shape index (κ1) is 15.1. The van der Waals surface area contributed by atoms with Crippen molar-refractivity contribution in [3.05, 3.63) is 41.7 Å². The molecule has 0 radical (unpaired) electrons. The minimum Gasteiger partial charge on any atom is -0.312 e. The zero-order chi connectivity index (χ0) is 14.4. The molecule has 0 aliphatic carbocycles. The van der Waals surface area contributed by atoms with E-state index in [4.69, 9.17) is 0 Å². The lowest BCUT2D eigenvalue weighted by molar-refractivity contribution is 0.653. The molecular formula is C15H22N4S. The molecule has 0 spiro atoms. The van der Waals surface area contributed by atoms with Crippen LogP contribution in [0.3, 0.4) is 0 Å². The van der Waals surface area contributed by atoms with Gasteiger partial charge in [0.25, 0.3) is 0 Å². The summed E-state index contributed by atoms with van der Waals surface area (Å²) in [6.07, 6.45) is 3.94. The second-order valence-corrected chi connectivity index (χ2v) is 5.80. The van der Waals surface area contributed by atoms with Crippen LogP contribution in [0, 0.1) is 0 Å². The summed E-state index contributed by atoms with van der Waals surface area (Å²) < 4.78 is 1.81. The Hall–Kier alpha value is -1.33. The molecule has 1 aromatic carbocycles. The fourth-order valence-corrected chi connectivity index (χ4v) is 3.16. The lowest BCUT2D eigenvalue weighted by atomic mass is 10.0. The summed E-state index contributed by atoms with van der Waals surface area (Å²) in [5, 5.41) is 8.41. The van der Waals surface area contributed by atoms with Crippen LogP contribution in [0.25, 0.3) is 0 Å². The van der Waals surface area contributed by atoms with E-state index in [-0.39, 0.29) is 0 Å². The van der Waals surface area contributed by atoms with Crippen LogP contribution < -0.4 is 5.32 Å². The van der Waals surface area contributed by atoms with E-state index in [0.717, 1.165) is 17.3 Å². The molecule has 1 unspecified atom stereocenters. The summed E-state index contributed by atoms with van der Waals surface area (Å²) >= 11 is 1.72. The Kier molecular flexibility index (Phi) is 5.61. The van der Waals surface area contributed by atoms with Crippen LogP contribution in [-0.2, 0) is 13.5 Å². The molecule has 0 saturated heterocycles. The summed E-state index contributed by atoms with van der Waals surface area (Å²) in [7, 11) is 3.92. The number of nitrogens with zero attached hydrogens (tertiary/aromatic N) is 3. The molecule has 1 atom stereocenters. The molecule has 20 heavy (non-hydrogen) atoms. The molecule has 0 amide bonds. The Labute approximate surface area is 125 Å². The first-order valence-electron chi connectivity index (χ1n) is 6.97. The molecule has 0 fully saturated rings. The van der Waals surface area contributed by atoms with E-state index in [1.807, 2.05) is 18.8 Å². The van der Waals surface area contributed by atoms with Gasteiger partial charge in [0.2, 0.25) is 0 Å². The second-order valence-electron chi connectivity index (χ2n) is 4.81. The number of aromatic nitrogens is 3. The monoisotopic (exact) mass is 290 g/mol. The van der Waals surface area contributed by atoms with Crippen LogP contribution in [0.15, 0.2) is 35.7 Å². The third-order valence-electron chi connectivity index (χ3n) is 3.32. The highest BCUT2D eigenvalue weighted by atomic mass is 32.2. The van der Waals surface area contributed by atoms with Gasteiger partial charge in [-0.3, -0.25) is 0 Å². The van der Waals surface area contributed by atoms with E-state index in [1.54, 1.807) is 18.1 Å². The van der Waals surface area contributed by atoms with Gasteiger partial charge in [-0.1, -0.05) is 49.4 Å². The van der Waals surface area contributed by atoms with Gasteiger partial charge in [-0.25, -0.2) is 9.67 Å². The van der Waals surface area contributed by atoms with Crippen molar-refractivity contribution in [2.45, 2.75) is 31.0 Å². The largest absolute Gasteiger partial charge is 0.312 e. The number of rotatable bonds is 7. The normalized spacial score (nSPS) is 12.6. The summed E-state index contributed by atoms with van der Waals surface area (Å²) in [6.45, 7) is 2.21. The Balaban J connectivity index is 1.98. The fourth-order valence-electron chi connectivity index (χ4n) is 2.13. The van der Waals surface area contributed by atoms with Crippen LogP contribution in [0.5, 0.6) is 0 Å². The summed E-state index contributed by atoms with van der Waals surface area (Å²) in [4.78, 5) is 4.24. The van der Waals surface area contributed by atoms with Gasteiger partial charge in [-0.05, 0) is 24.6 Å². The standard InChI is InChI=1S/C15H22N4S/c1-4-5-12-6-8-13(9-7-12)14(16-2)10-20-15-17-11-18-19(15)3/h6-9,11,14,16H,4-5,10H2,1-3H3. The predicted octanol–water partition coefficient (Wildman–Crippen LogP) is 2.82. The van der Waals surface area contributed by atoms with Gasteiger partial charge in [0.1, 0.15) is 6.33 Å². The zero-order valence-electron chi connectivity index (χ0n) is 12.3. The van der Waals surface area contributed by atoms with E-state index >= 15 is 0 Å². The highest BCUT2D eigenvalue weighted by Gasteiger charge is 2.11. The van der Waals surface area contributed by atoms with Crippen molar-refractivity contribution in [1.82, 2.24) is 20.1 Å². The van der Waals surface area contributed by atoms with Crippen LogP contribution in [0.2, 0.25) is 0 Å². The molecule has 1 aromatic heterocycles. The van der Waals surface area contributed by atoms with Crippen molar-refractivity contribution in [2.75, 3.05) is 12.8 Å². The Morgan fingerprint density at radius 1 is 1.30 bits per heavy atom. The third kappa shape index (κ3) is 3.84. The van der Waals surface area contributed by atoms with Gasteiger partial charge < -0.3 is 5.32 Å². The van der Waals surface area contributed by atoms with E-state index in [2.05, 4.69) is 46.6 Å². The Morgan fingerprint density at radius 3 is 2.60 bits per heavy atom. The van der Waals surface area contributed by atoms with E-state index in [1.165, 1.54) is 17.5 Å². The Morgan fingerprint density at radius 2 is 2.05 bits per heavy atom. The molecule has 5 heteroatoms. The number of hydrogen-bond donors (Lipinski definition) is 1. The summed E-state index contributed by atoms with van der Waals surface area (Å²) in [5.74, 6) is 0.941. The molecule has 0 aliphatic heterocycles. The molecule has 0 bridgehead atoms. The van der Waals surface area contributed by atoms with Gasteiger partial charge in [0.15, 0.2) is 5.16 Å². The highest BCUT2D eigenvalue weighted by Crippen LogP contribution is 2.23. The topological polar surface area (TPSA) is 42.7 Å². The fraction of sp³-hybridized carbons (Fsp3) is 0.467. The molecule has 2 aromatic rings. The molecule has 0 saturated carbocycles. The highest BCUT2D eigenvalue weighted by molar-refractivity contribution is 7.99. The van der Waals surface area contributed by atoms with Crippen molar-refractivity contribution < 1.29 is 0 Å². The molecule has 108 valence electrons. The lowest BCUT2D eigenvalue weighted by Crippen LogP contribution is -2.19. The summed E-state index contributed by atoms with van der Waals surface area (Å²) in [6, 6.07) is 9.24. The minimum atomic E-state index is 0.326. The average molecular weight is 290 g/mol. The van der Waals surface area contributed by atoms with Gasteiger partial charge in [0.05, 0.1) is 0 Å². The zero-order valence-corrected chi connectivity index (χ0v) is 13.2. The number of thioether (sulfide) groups is 1. The van der Waals surface area contributed by atoms with Gasteiger partial charge in [0, 0.05) is 18.8 Å². The number of hydrogen-bond acceptors (Lipinski definition) is 4. The third-order valence-corrected chi connectivity index (χ3v) is 4.45. The smallest absolute Gasteiger partial charge is 0.185 e. The van der Waals surface area contributed by atoms with Crippen LogP contribution in [-0.4, -0.2) is 27.6 Å². The molecule has 0 aliphatic rings. The van der Waals surface area contributed by atoms with Gasteiger partial charge in [-0.15, -0.1) is 0 Å². The number of aryl methyl sites for hydroxylation is 2. The Bertz CT molecular complexity index is 521. The predicted molar refractivity (Wildman–Crippen MR) is 84.0 cm³/mol. The molecule has 2 rings (SSSR count).